The van der Waals surface area contributed by atoms with Crippen LogP contribution in [0.1, 0.15) is 129 Å². The maximum absolute atomic E-state index is 12.6. The Bertz CT molecular complexity index is 897. The second-order valence-electron chi connectivity index (χ2n) is 11.6. The number of ether oxygens (including phenoxy) is 5. The van der Waals surface area contributed by atoms with Crippen molar-refractivity contribution in [3.63, 3.8) is 0 Å². The fraction of sp³-hybridized carbons (Fsp3) is 0.853. The van der Waals surface area contributed by atoms with E-state index in [0.29, 0.717) is 38.2 Å². The van der Waals surface area contributed by atoms with Crippen LogP contribution in [0.15, 0.2) is 6.20 Å². The molecular formula is C34H61N3O9. The molecule has 0 aliphatic heterocycles. The maximum atomic E-state index is 12.6. The van der Waals surface area contributed by atoms with Gasteiger partial charge in [-0.3, -0.25) is 14.4 Å². The van der Waals surface area contributed by atoms with Gasteiger partial charge in [0.25, 0.3) is 0 Å². The number of aryl methyl sites for hydroxylation is 1. The number of unbranched alkanes of at least 4 members (excludes halogenated alkanes) is 12. The number of esters is 3. The molecule has 1 unspecified atom stereocenters. The Labute approximate surface area is 276 Å². The van der Waals surface area contributed by atoms with Crippen LogP contribution in [0.4, 0.5) is 0 Å². The highest BCUT2D eigenvalue weighted by atomic mass is 16.6. The van der Waals surface area contributed by atoms with Crippen LogP contribution in [-0.4, -0.2) is 90.4 Å². The number of nitrogens with zero attached hydrogens (tertiary/aromatic N) is 3. The van der Waals surface area contributed by atoms with Crippen LogP contribution in [-0.2, 0) is 51.0 Å². The van der Waals surface area contributed by atoms with E-state index in [2.05, 4.69) is 24.2 Å². The topological polar surface area (TPSA) is 148 Å². The van der Waals surface area contributed by atoms with Crippen molar-refractivity contribution in [3.8, 4) is 0 Å². The van der Waals surface area contributed by atoms with Crippen molar-refractivity contribution in [1.29, 1.82) is 0 Å². The van der Waals surface area contributed by atoms with E-state index in [1.165, 1.54) is 51.4 Å². The van der Waals surface area contributed by atoms with E-state index < -0.39 is 6.10 Å². The first-order valence-electron chi connectivity index (χ1n) is 17.6. The van der Waals surface area contributed by atoms with E-state index in [9.17, 15) is 14.4 Å². The molecule has 0 bridgehead atoms. The zero-order chi connectivity index (χ0) is 33.5. The molecule has 0 aliphatic carbocycles. The molecule has 0 aliphatic rings. The molecule has 0 saturated heterocycles. The molecule has 0 aromatic carbocycles. The molecule has 1 heterocycles. The van der Waals surface area contributed by atoms with Crippen molar-refractivity contribution in [1.82, 2.24) is 15.0 Å². The highest BCUT2D eigenvalue weighted by molar-refractivity contribution is 5.70. The van der Waals surface area contributed by atoms with Gasteiger partial charge in [-0.2, -0.15) is 0 Å². The first kappa shape index (κ1) is 41.5. The molecular weight excluding hydrogens is 594 g/mol. The average molecular weight is 656 g/mol. The normalized spacial score (nSPS) is 11.8. The Morgan fingerprint density at radius 1 is 0.696 bits per heavy atom. The summed E-state index contributed by atoms with van der Waals surface area (Å²) in [5.74, 6) is -0.980. The summed E-state index contributed by atoms with van der Waals surface area (Å²) in [6, 6.07) is 0. The minimum absolute atomic E-state index is 0.0341. The van der Waals surface area contributed by atoms with Gasteiger partial charge in [-0.1, -0.05) is 96.1 Å². The first-order valence-corrected chi connectivity index (χ1v) is 17.6. The molecule has 1 aromatic rings. The van der Waals surface area contributed by atoms with Gasteiger partial charge in [-0.25, -0.2) is 4.68 Å². The number of aromatic nitrogens is 3. The summed E-state index contributed by atoms with van der Waals surface area (Å²) in [5, 5.41) is 16.9. The standard InChI is InChI=1S/C34H61N3O9/c1-3-5-7-9-11-13-15-17-32(39)45-29-31(46-34(41)18-16-14-12-10-8-6-4-2)28-37-27-30(35-36-37)19-20-33(40)44-26-25-43-24-23-42-22-21-38/h27,31,38H,3-26,28-29H2,1-2H3. The van der Waals surface area contributed by atoms with Crippen molar-refractivity contribution < 1.29 is 43.2 Å². The highest BCUT2D eigenvalue weighted by Gasteiger charge is 2.19. The predicted octanol–water partition coefficient (Wildman–Crippen LogP) is 5.52. The smallest absolute Gasteiger partial charge is 0.306 e. The zero-order valence-electron chi connectivity index (χ0n) is 28.6. The van der Waals surface area contributed by atoms with E-state index >= 15 is 0 Å². The number of aliphatic hydroxyl groups excluding tert-OH is 1. The first-order chi connectivity index (χ1) is 22.5. The number of hydrogen-bond donors (Lipinski definition) is 1. The molecule has 0 fully saturated rings. The molecule has 1 aromatic heterocycles. The number of aliphatic hydroxyl groups is 1. The second-order valence-corrected chi connectivity index (χ2v) is 11.6. The van der Waals surface area contributed by atoms with E-state index in [0.717, 1.165) is 38.5 Å². The van der Waals surface area contributed by atoms with Crippen molar-refractivity contribution >= 4 is 17.9 Å². The summed E-state index contributed by atoms with van der Waals surface area (Å²) < 4.78 is 28.3. The third kappa shape index (κ3) is 24.6. The summed E-state index contributed by atoms with van der Waals surface area (Å²) in [4.78, 5) is 37.1. The predicted molar refractivity (Wildman–Crippen MR) is 174 cm³/mol. The minimum Gasteiger partial charge on any atom is -0.463 e. The van der Waals surface area contributed by atoms with Gasteiger partial charge >= 0.3 is 17.9 Å². The van der Waals surface area contributed by atoms with E-state index in [4.69, 9.17) is 28.8 Å². The Morgan fingerprint density at radius 2 is 1.24 bits per heavy atom. The van der Waals surface area contributed by atoms with Crippen LogP contribution in [0.2, 0.25) is 0 Å². The molecule has 0 spiro atoms. The monoisotopic (exact) mass is 655 g/mol. The van der Waals surface area contributed by atoms with Crippen molar-refractivity contribution in [2.45, 2.75) is 142 Å². The molecule has 0 amide bonds. The van der Waals surface area contributed by atoms with E-state index in [1.54, 1.807) is 10.9 Å². The zero-order valence-corrected chi connectivity index (χ0v) is 28.6. The highest BCUT2D eigenvalue weighted by Crippen LogP contribution is 2.12. The molecule has 1 N–H and O–H groups in total. The van der Waals surface area contributed by atoms with Gasteiger partial charge in [0, 0.05) is 25.5 Å². The molecule has 0 saturated carbocycles. The van der Waals surface area contributed by atoms with Gasteiger partial charge in [0.2, 0.25) is 0 Å². The number of rotatable bonds is 32. The van der Waals surface area contributed by atoms with Gasteiger partial charge in [0.1, 0.15) is 13.2 Å². The molecule has 0 radical (unpaired) electrons. The van der Waals surface area contributed by atoms with Crippen LogP contribution >= 0.6 is 0 Å². The van der Waals surface area contributed by atoms with Crippen LogP contribution in [0.3, 0.4) is 0 Å². The lowest BCUT2D eigenvalue weighted by atomic mass is 10.1. The Balaban J connectivity index is 2.47. The average Bonchev–Trinajstić information content (AvgIpc) is 3.50. The van der Waals surface area contributed by atoms with E-state index in [1.807, 2.05) is 0 Å². The van der Waals surface area contributed by atoms with Crippen molar-refractivity contribution in [2.75, 3.05) is 46.2 Å². The fourth-order valence-corrected chi connectivity index (χ4v) is 4.73. The molecule has 46 heavy (non-hydrogen) atoms. The lowest BCUT2D eigenvalue weighted by molar-refractivity contribution is -0.160. The lowest BCUT2D eigenvalue weighted by Crippen LogP contribution is -2.30. The molecule has 266 valence electrons. The van der Waals surface area contributed by atoms with Crippen molar-refractivity contribution in [3.05, 3.63) is 11.9 Å². The summed E-state index contributed by atoms with van der Waals surface area (Å²) >= 11 is 0. The largest absolute Gasteiger partial charge is 0.463 e. The number of hydrogen-bond acceptors (Lipinski definition) is 11. The van der Waals surface area contributed by atoms with Crippen LogP contribution in [0.25, 0.3) is 0 Å². The summed E-state index contributed by atoms with van der Waals surface area (Å²) in [5.41, 5.74) is 0.596. The molecule has 1 atom stereocenters. The van der Waals surface area contributed by atoms with Gasteiger partial charge in [-0.15, -0.1) is 5.10 Å². The quantitative estimate of drug-likeness (QED) is 0.0595. The van der Waals surface area contributed by atoms with Gasteiger partial charge in [-0.05, 0) is 12.8 Å². The summed E-state index contributed by atoms with van der Waals surface area (Å²) in [7, 11) is 0. The maximum Gasteiger partial charge on any atom is 0.306 e. The Hall–Kier alpha value is -2.57. The van der Waals surface area contributed by atoms with Crippen LogP contribution in [0, 0.1) is 0 Å². The summed E-state index contributed by atoms with van der Waals surface area (Å²) in [6.45, 7) is 5.87. The molecule has 12 heteroatoms. The SMILES string of the molecule is CCCCCCCCCC(=O)OCC(Cn1cc(CCC(=O)OCCOCCOCCO)nn1)OC(=O)CCCCCCCCC. The Kier molecular flexibility index (Phi) is 26.9. The third-order valence-corrected chi connectivity index (χ3v) is 7.36. The second kappa shape index (κ2) is 29.8. The number of carbonyl (C=O) groups excluding carboxylic acids is 3. The number of carbonyl (C=O) groups is 3. The van der Waals surface area contributed by atoms with E-state index in [-0.39, 0.29) is 63.9 Å². The minimum atomic E-state index is -0.691. The van der Waals surface area contributed by atoms with Crippen molar-refractivity contribution in [2.24, 2.45) is 0 Å². The van der Waals surface area contributed by atoms with Crippen LogP contribution < -0.4 is 0 Å². The van der Waals surface area contributed by atoms with Gasteiger partial charge in [0.05, 0.1) is 51.7 Å². The lowest BCUT2D eigenvalue weighted by Gasteiger charge is -2.18. The summed E-state index contributed by atoms with van der Waals surface area (Å²) in [6.07, 6.45) is 17.7. The van der Waals surface area contributed by atoms with Crippen LogP contribution in [0.5, 0.6) is 0 Å². The molecule has 1 rings (SSSR count). The molecule has 12 nitrogen and oxygen atoms in total. The van der Waals surface area contributed by atoms with Gasteiger partial charge < -0.3 is 28.8 Å². The fourth-order valence-electron chi connectivity index (χ4n) is 4.73. The third-order valence-electron chi connectivity index (χ3n) is 7.36. The van der Waals surface area contributed by atoms with Gasteiger partial charge in [0.15, 0.2) is 6.10 Å². The Morgan fingerprint density at radius 3 is 1.87 bits per heavy atom.